The minimum atomic E-state index is -0.206. The van der Waals surface area contributed by atoms with E-state index in [0.717, 1.165) is 32.2 Å². The molecule has 0 aromatic rings. The van der Waals surface area contributed by atoms with Crippen molar-refractivity contribution >= 4 is 11.8 Å². The lowest BCUT2D eigenvalue weighted by Gasteiger charge is -2.35. The molecule has 0 heterocycles. The lowest BCUT2D eigenvalue weighted by atomic mass is 9.83. The van der Waals surface area contributed by atoms with Crippen LogP contribution in [0.4, 0.5) is 0 Å². The Morgan fingerprint density at radius 3 is 2.19 bits per heavy atom. The molecule has 92 valence electrons. The minimum absolute atomic E-state index is 0.154. The monoisotopic (exact) mass is 226 g/mol. The maximum Gasteiger partial charge on any atom is 0.219 e. The number of hydrogen-bond acceptors (Lipinski definition) is 2. The highest BCUT2D eigenvalue weighted by Crippen LogP contribution is 2.29. The maximum absolute atomic E-state index is 11.4. The summed E-state index contributed by atoms with van der Waals surface area (Å²) in [6.07, 6.45) is 4.53. The second-order valence-electron chi connectivity index (χ2n) is 4.65. The molecule has 1 aliphatic carbocycles. The third kappa shape index (κ3) is 3.51. The first kappa shape index (κ1) is 13.0. The maximum atomic E-state index is 11.4. The van der Waals surface area contributed by atoms with E-state index < -0.39 is 0 Å². The summed E-state index contributed by atoms with van der Waals surface area (Å²) in [6.45, 7) is 4.41. The molecule has 0 aromatic carbocycles. The molecule has 1 rings (SSSR count). The zero-order valence-electron chi connectivity index (χ0n) is 10.2. The fraction of sp³-hybridized carbons (Fsp3) is 0.833. The van der Waals surface area contributed by atoms with Crippen LogP contribution < -0.4 is 5.73 Å². The Labute approximate surface area is 97.2 Å². The molecular weight excluding hydrogens is 204 g/mol. The van der Waals surface area contributed by atoms with Gasteiger partial charge in [0.2, 0.25) is 11.8 Å². The number of hydrogen-bond donors (Lipinski definition) is 1. The summed E-state index contributed by atoms with van der Waals surface area (Å²) in [6, 6.07) is 0.367. The van der Waals surface area contributed by atoms with Gasteiger partial charge in [0.25, 0.3) is 0 Å². The van der Waals surface area contributed by atoms with Crippen molar-refractivity contribution in [1.82, 2.24) is 4.90 Å². The molecule has 16 heavy (non-hydrogen) atoms. The number of nitrogens with zero attached hydrogens (tertiary/aromatic N) is 1. The van der Waals surface area contributed by atoms with Crippen molar-refractivity contribution in [3.63, 3.8) is 0 Å². The molecule has 2 N–H and O–H groups in total. The minimum Gasteiger partial charge on any atom is -0.370 e. The van der Waals surface area contributed by atoms with Crippen LogP contribution in [0.5, 0.6) is 0 Å². The number of rotatable bonds is 4. The van der Waals surface area contributed by atoms with E-state index in [4.69, 9.17) is 5.73 Å². The van der Waals surface area contributed by atoms with Gasteiger partial charge in [-0.05, 0) is 38.5 Å². The van der Waals surface area contributed by atoms with Crippen molar-refractivity contribution in [2.75, 3.05) is 6.54 Å². The van der Waals surface area contributed by atoms with Crippen LogP contribution >= 0.6 is 0 Å². The topological polar surface area (TPSA) is 63.4 Å². The fourth-order valence-electron chi connectivity index (χ4n) is 2.68. The van der Waals surface area contributed by atoms with Crippen molar-refractivity contribution < 1.29 is 9.59 Å². The van der Waals surface area contributed by atoms with Crippen molar-refractivity contribution in [2.45, 2.75) is 52.0 Å². The summed E-state index contributed by atoms with van der Waals surface area (Å²) >= 11 is 0. The molecular formula is C12H22N2O2. The van der Waals surface area contributed by atoms with Crippen molar-refractivity contribution in [3.8, 4) is 0 Å². The van der Waals surface area contributed by atoms with Gasteiger partial charge < -0.3 is 10.6 Å². The van der Waals surface area contributed by atoms with E-state index in [1.54, 1.807) is 6.92 Å². The van der Waals surface area contributed by atoms with Crippen LogP contribution in [-0.4, -0.2) is 29.3 Å². The van der Waals surface area contributed by atoms with Gasteiger partial charge in [0.15, 0.2) is 0 Å². The summed E-state index contributed by atoms with van der Waals surface area (Å²) in [5.41, 5.74) is 5.19. The molecule has 4 nitrogen and oxygen atoms in total. The predicted molar refractivity (Wildman–Crippen MR) is 62.6 cm³/mol. The molecule has 1 saturated carbocycles. The Bertz CT molecular complexity index is 258. The van der Waals surface area contributed by atoms with E-state index in [2.05, 4.69) is 0 Å². The van der Waals surface area contributed by atoms with Gasteiger partial charge in [0.1, 0.15) is 0 Å². The molecule has 0 bridgehead atoms. The number of carbonyl (C=O) groups excluding carboxylic acids is 2. The van der Waals surface area contributed by atoms with E-state index >= 15 is 0 Å². The molecule has 0 spiro atoms. The number of carbonyl (C=O) groups is 2. The normalized spacial score (nSPS) is 25.1. The average molecular weight is 226 g/mol. The molecule has 4 heteroatoms. The van der Waals surface area contributed by atoms with Gasteiger partial charge in [-0.15, -0.1) is 0 Å². The van der Waals surface area contributed by atoms with Gasteiger partial charge >= 0.3 is 0 Å². The van der Waals surface area contributed by atoms with Gasteiger partial charge in [-0.2, -0.15) is 0 Å². The fourth-order valence-corrected chi connectivity index (χ4v) is 2.68. The van der Waals surface area contributed by atoms with Crippen LogP contribution in [0.2, 0.25) is 0 Å². The van der Waals surface area contributed by atoms with Gasteiger partial charge in [-0.3, -0.25) is 9.59 Å². The van der Waals surface area contributed by atoms with Crippen LogP contribution in [-0.2, 0) is 9.59 Å². The summed E-state index contributed by atoms with van der Waals surface area (Å²) in [5.74, 6) is 0.377. The van der Waals surface area contributed by atoms with Gasteiger partial charge in [-0.1, -0.05) is 0 Å². The summed E-state index contributed by atoms with van der Waals surface area (Å²) in [4.78, 5) is 24.1. The van der Waals surface area contributed by atoms with E-state index in [-0.39, 0.29) is 11.8 Å². The Morgan fingerprint density at radius 1 is 1.25 bits per heavy atom. The lowest BCUT2D eigenvalue weighted by Crippen LogP contribution is -2.41. The van der Waals surface area contributed by atoms with E-state index in [0.29, 0.717) is 18.4 Å². The highest BCUT2D eigenvalue weighted by molar-refractivity contribution is 5.74. The lowest BCUT2D eigenvalue weighted by molar-refractivity contribution is -0.132. The number of primary amides is 1. The van der Waals surface area contributed by atoms with Crippen LogP contribution in [0.15, 0.2) is 0 Å². The summed E-state index contributed by atoms with van der Waals surface area (Å²) < 4.78 is 0. The van der Waals surface area contributed by atoms with E-state index in [1.165, 1.54) is 0 Å². The second-order valence-corrected chi connectivity index (χ2v) is 4.65. The molecule has 0 unspecified atom stereocenters. The largest absolute Gasteiger partial charge is 0.370 e. The number of amides is 2. The highest BCUT2D eigenvalue weighted by atomic mass is 16.2. The molecule has 0 atom stereocenters. The standard InChI is InChI=1S/C12H22N2O2/c1-3-14(9(2)15)11-6-4-10(5-7-11)8-12(13)16/h10-11H,3-8H2,1-2H3,(H2,13,16)/t10-,11-. The van der Waals surface area contributed by atoms with Crippen LogP contribution in [0, 0.1) is 5.92 Å². The summed E-state index contributed by atoms with van der Waals surface area (Å²) in [7, 11) is 0. The first-order valence-electron chi connectivity index (χ1n) is 6.10. The third-order valence-electron chi connectivity index (χ3n) is 3.49. The smallest absolute Gasteiger partial charge is 0.219 e. The van der Waals surface area contributed by atoms with Crippen molar-refractivity contribution in [3.05, 3.63) is 0 Å². The summed E-state index contributed by atoms with van der Waals surface area (Å²) in [5, 5.41) is 0. The highest BCUT2D eigenvalue weighted by Gasteiger charge is 2.26. The first-order chi connectivity index (χ1) is 7.54. The molecule has 0 saturated heterocycles. The van der Waals surface area contributed by atoms with E-state index in [9.17, 15) is 9.59 Å². The van der Waals surface area contributed by atoms with Gasteiger partial charge in [-0.25, -0.2) is 0 Å². The van der Waals surface area contributed by atoms with Gasteiger partial charge in [0.05, 0.1) is 0 Å². The Hall–Kier alpha value is -1.06. The average Bonchev–Trinajstić information content (AvgIpc) is 2.20. The second kappa shape index (κ2) is 5.87. The SMILES string of the molecule is CCN(C(C)=O)[C@H]1CC[C@H](CC(N)=O)CC1. The third-order valence-corrected chi connectivity index (χ3v) is 3.49. The zero-order chi connectivity index (χ0) is 12.1. The Kier molecular flexibility index (Phi) is 4.77. The van der Waals surface area contributed by atoms with Crippen molar-refractivity contribution in [2.24, 2.45) is 11.7 Å². The Balaban J connectivity index is 2.41. The molecule has 0 aromatic heterocycles. The van der Waals surface area contributed by atoms with Crippen LogP contribution in [0.25, 0.3) is 0 Å². The molecule has 1 aliphatic rings. The molecule has 0 aliphatic heterocycles. The molecule has 2 amide bonds. The molecule has 1 fully saturated rings. The van der Waals surface area contributed by atoms with E-state index in [1.807, 2.05) is 11.8 Å². The quantitative estimate of drug-likeness (QED) is 0.785. The Morgan fingerprint density at radius 2 is 1.81 bits per heavy atom. The number of nitrogens with two attached hydrogens (primary N) is 1. The predicted octanol–water partition coefficient (Wildman–Crippen LogP) is 1.29. The van der Waals surface area contributed by atoms with Crippen LogP contribution in [0.1, 0.15) is 46.0 Å². The van der Waals surface area contributed by atoms with Crippen molar-refractivity contribution in [1.29, 1.82) is 0 Å². The van der Waals surface area contributed by atoms with Gasteiger partial charge in [0, 0.05) is 25.9 Å². The zero-order valence-corrected chi connectivity index (χ0v) is 10.2. The van der Waals surface area contributed by atoms with Crippen LogP contribution in [0.3, 0.4) is 0 Å². The first-order valence-corrected chi connectivity index (χ1v) is 6.10. The molecule has 0 radical (unpaired) electrons.